The van der Waals surface area contributed by atoms with Crippen molar-refractivity contribution in [2.45, 2.75) is 94.6 Å². The molecule has 1 aromatic rings. The van der Waals surface area contributed by atoms with Crippen molar-refractivity contribution in [1.29, 1.82) is 0 Å². The summed E-state index contributed by atoms with van der Waals surface area (Å²) in [5, 5.41) is 12.4. The van der Waals surface area contributed by atoms with Crippen LogP contribution in [0.25, 0.3) is 0 Å². The molecule has 3 saturated heterocycles. The molecular weight excluding hydrogens is 614 g/mol. The van der Waals surface area contributed by atoms with Crippen molar-refractivity contribution in [2.75, 3.05) is 40.0 Å². The Hall–Kier alpha value is -3.54. The zero-order valence-corrected chi connectivity index (χ0v) is 28.5. The Labute approximate surface area is 284 Å². The SMILES string of the molecule is C=CCCC(=O)N[C@H](COC)[C@H](OC(=O)[C@@H]1[C@@H]2CC[C@]3(O2)[C@H](C(=O)N(CC=C)CCCCC)N(CCCCO)C(=O)[C@@H]13)c1ccccc1. The molecule has 11 nitrogen and oxygen atoms in total. The van der Waals surface area contributed by atoms with Crippen LogP contribution in [0.1, 0.15) is 76.4 Å². The number of nitrogens with zero attached hydrogens (tertiary/aromatic N) is 2. The van der Waals surface area contributed by atoms with Crippen LogP contribution in [0.2, 0.25) is 0 Å². The second-order valence-corrected chi connectivity index (χ2v) is 13.0. The minimum Gasteiger partial charge on any atom is -0.455 e. The zero-order chi connectivity index (χ0) is 34.7. The first-order chi connectivity index (χ1) is 23.3. The van der Waals surface area contributed by atoms with E-state index in [9.17, 15) is 24.3 Å². The highest BCUT2D eigenvalue weighted by molar-refractivity contribution is 5.98. The maximum atomic E-state index is 14.4. The van der Waals surface area contributed by atoms with E-state index in [0.29, 0.717) is 50.8 Å². The van der Waals surface area contributed by atoms with E-state index < -0.39 is 47.7 Å². The second kappa shape index (κ2) is 17.7. The normalized spacial score (nSPS) is 25.3. The van der Waals surface area contributed by atoms with Gasteiger partial charge in [-0.15, -0.1) is 13.2 Å². The number of aliphatic hydroxyl groups is 1. The fraction of sp³-hybridized carbons (Fsp3) is 0.622. The number of carbonyl (C=O) groups excluding carboxylic acids is 4. The number of fused-ring (bicyclic) bond motifs is 1. The Bertz CT molecular complexity index is 1270. The van der Waals surface area contributed by atoms with Gasteiger partial charge in [0.2, 0.25) is 17.7 Å². The molecule has 3 fully saturated rings. The third-order valence-corrected chi connectivity index (χ3v) is 9.81. The van der Waals surface area contributed by atoms with E-state index in [0.717, 1.165) is 19.3 Å². The second-order valence-electron chi connectivity index (χ2n) is 13.0. The number of allylic oxidation sites excluding steroid dienone is 1. The van der Waals surface area contributed by atoms with Crippen LogP contribution in [-0.4, -0.2) is 102 Å². The molecule has 1 spiro atoms. The molecule has 0 aliphatic carbocycles. The topological polar surface area (TPSA) is 135 Å². The summed E-state index contributed by atoms with van der Waals surface area (Å²) in [6.45, 7) is 10.8. The number of nitrogens with one attached hydrogen (secondary N) is 1. The van der Waals surface area contributed by atoms with Crippen molar-refractivity contribution in [1.82, 2.24) is 15.1 Å². The molecule has 3 aliphatic heterocycles. The Morgan fingerprint density at radius 3 is 2.60 bits per heavy atom. The molecule has 0 aromatic heterocycles. The van der Waals surface area contributed by atoms with Crippen LogP contribution in [0.5, 0.6) is 0 Å². The van der Waals surface area contributed by atoms with Crippen LogP contribution < -0.4 is 5.32 Å². The van der Waals surface area contributed by atoms with Crippen LogP contribution in [0.15, 0.2) is 55.6 Å². The molecule has 4 rings (SSSR count). The first kappa shape index (κ1) is 37.3. The third-order valence-electron chi connectivity index (χ3n) is 9.81. The van der Waals surface area contributed by atoms with Crippen molar-refractivity contribution < 1.29 is 38.5 Å². The molecule has 11 heteroatoms. The lowest BCUT2D eigenvalue weighted by molar-refractivity contribution is -0.163. The maximum absolute atomic E-state index is 14.4. The average molecular weight is 668 g/mol. The van der Waals surface area contributed by atoms with E-state index in [-0.39, 0.29) is 43.9 Å². The number of rotatable bonds is 21. The van der Waals surface area contributed by atoms with Gasteiger partial charge in [0, 0.05) is 39.8 Å². The van der Waals surface area contributed by atoms with Gasteiger partial charge >= 0.3 is 5.97 Å². The predicted octanol–water partition coefficient (Wildman–Crippen LogP) is 3.72. The van der Waals surface area contributed by atoms with E-state index in [4.69, 9.17) is 14.2 Å². The molecule has 0 saturated carbocycles. The highest BCUT2D eigenvalue weighted by Crippen LogP contribution is 2.59. The highest BCUT2D eigenvalue weighted by Gasteiger charge is 2.75. The summed E-state index contributed by atoms with van der Waals surface area (Å²) in [4.78, 5) is 59.3. The first-order valence-corrected chi connectivity index (χ1v) is 17.4. The molecule has 2 N–H and O–H groups in total. The number of esters is 1. The fourth-order valence-electron chi connectivity index (χ4n) is 7.63. The number of ether oxygens (including phenoxy) is 3. The van der Waals surface area contributed by atoms with E-state index in [1.807, 2.05) is 30.3 Å². The number of hydrogen-bond acceptors (Lipinski definition) is 8. The number of unbranched alkanes of at least 4 members (excludes halogenated alkanes) is 3. The molecule has 7 atom stereocenters. The van der Waals surface area contributed by atoms with Crippen molar-refractivity contribution in [3.8, 4) is 0 Å². The number of aliphatic hydroxyl groups excluding tert-OH is 1. The summed E-state index contributed by atoms with van der Waals surface area (Å²) in [5.74, 6) is -3.17. The van der Waals surface area contributed by atoms with E-state index in [1.54, 1.807) is 22.0 Å². The standard InChI is InChI=1S/C37H53N3O8/c1-5-8-13-22-39(21-7-3)35(44)33-37-20-19-28(48-37)30(31(37)34(43)40(33)23-14-15-24-41)36(45)47-32(26-16-11-10-12-17-26)27(25-46-4)38-29(42)18-9-6-2/h6-7,10-12,16-17,27-28,30-33,41H,2-3,5,8-9,13-15,18-25H2,1,4H3,(H,38,42)/t27-,28+,30-,31-,32-,33+,37-/m1/s1. The lowest BCUT2D eigenvalue weighted by atomic mass is 9.70. The lowest BCUT2D eigenvalue weighted by Crippen LogP contribution is -2.56. The molecule has 3 amide bonds. The van der Waals surface area contributed by atoms with Gasteiger partial charge in [-0.1, -0.05) is 62.2 Å². The van der Waals surface area contributed by atoms with E-state index in [1.165, 1.54) is 7.11 Å². The average Bonchev–Trinajstić information content (AvgIpc) is 3.73. The largest absolute Gasteiger partial charge is 0.455 e. The fourth-order valence-corrected chi connectivity index (χ4v) is 7.63. The minimum atomic E-state index is -1.17. The monoisotopic (exact) mass is 667 g/mol. The molecule has 2 bridgehead atoms. The summed E-state index contributed by atoms with van der Waals surface area (Å²) in [5.41, 5.74) is -0.502. The molecular formula is C37H53N3O8. The number of carbonyl (C=O) groups is 4. The van der Waals surface area contributed by atoms with Gasteiger partial charge in [-0.3, -0.25) is 19.2 Å². The van der Waals surface area contributed by atoms with E-state index >= 15 is 0 Å². The quantitative estimate of drug-likeness (QED) is 0.115. The van der Waals surface area contributed by atoms with Crippen LogP contribution in [0, 0.1) is 11.8 Å². The summed E-state index contributed by atoms with van der Waals surface area (Å²) in [6.07, 6.45) is 7.31. The summed E-state index contributed by atoms with van der Waals surface area (Å²) in [6, 6.07) is 7.54. The van der Waals surface area contributed by atoms with Gasteiger partial charge < -0.3 is 34.4 Å². The molecule has 0 radical (unpaired) electrons. The maximum Gasteiger partial charge on any atom is 0.313 e. The molecule has 3 heterocycles. The summed E-state index contributed by atoms with van der Waals surface area (Å²) < 4.78 is 18.4. The Balaban J connectivity index is 1.66. The van der Waals surface area contributed by atoms with E-state index in [2.05, 4.69) is 25.4 Å². The Kier molecular flexibility index (Phi) is 13.8. The molecule has 48 heavy (non-hydrogen) atoms. The molecule has 0 unspecified atom stereocenters. The Morgan fingerprint density at radius 2 is 1.94 bits per heavy atom. The van der Waals surface area contributed by atoms with Gasteiger partial charge in [0.05, 0.1) is 30.6 Å². The molecule has 1 aromatic carbocycles. The smallest absolute Gasteiger partial charge is 0.313 e. The minimum absolute atomic E-state index is 0.0318. The van der Waals surface area contributed by atoms with Gasteiger partial charge in [0.1, 0.15) is 17.7 Å². The van der Waals surface area contributed by atoms with Crippen molar-refractivity contribution in [2.24, 2.45) is 11.8 Å². The van der Waals surface area contributed by atoms with Crippen LogP contribution in [0.3, 0.4) is 0 Å². The highest BCUT2D eigenvalue weighted by atomic mass is 16.6. The van der Waals surface area contributed by atoms with Crippen LogP contribution in [-0.2, 0) is 33.4 Å². The van der Waals surface area contributed by atoms with Crippen molar-refractivity contribution >= 4 is 23.7 Å². The molecule has 3 aliphatic rings. The van der Waals surface area contributed by atoms with Gasteiger partial charge in [-0.2, -0.15) is 0 Å². The molecule has 264 valence electrons. The van der Waals surface area contributed by atoms with Gasteiger partial charge in [-0.05, 0) is 44.1 Å². The van der Waals surface area contributed by atoms with Crippen LogP contribution in [0.4, 0.5) is 0 Å². The lowest BCUT2D eigenvalue weighted by Gasteiger charge is -2.37. The number of hydrogen-bond donors (Lipinski definition) is 2. The van der Waals surface area contributed by atoms with Gasteiger partial charge in [0.15, 0.2) is 0 Å². The number of methoxy groups -OCH3 is 1. The van der Waals surface area contributed by atoms with Crippen molar-refractivity contribution in [3.05, 3.63) is 61.2 Å². The summed E-state index contributed by atoms with van der Waals surface area (Å²) in [7, 11) is 1.51. The zero-order valence-electron chi connectivity index (χ0n) is 28.5. The number of amides is 3. The number of benzene rings is 1. The first-order valence-electron chi connectivity index (χ1n) is 17.4. The Morgan fingerprint density at radius 1 is 1.17 bits per heavy atom. The number of likely N-dealkylation sites (tertiary alicyclic amines) is 1. The summed E-state index contributed by atoms with van der Waals surface area (Å²) >= 11 is 0. The van der Waals surface area contributed by atoms with Crippen LogP contribution >= 0.6 is 0 Å². The van der Waals surface area contributed by atoms with Gasteiger partial charge in [0.25, 0.3) is 0 Å². The van der Waals surface area contributed by atoms with Crippen molar-refractivity contribution in [3.63, 3.8) is 0 Å². The predicted molar refractivity (Wildman–Crippen MR) is 180 cm³/mol. The third kappa shape index (κ3) is 8.01. The van der Waals surface area contributed by atoms with Gasteiger partial charge in [-0.25, -0.2) is 0 Å².